The number of anilines is 4. The van der Waals surface area contributed by atoms with E-state index >= 15 is 0 Å². The van der Waals surface area contributed by atoms with Crippen molar-refractivity contribution < 1.29 is 14.3 Å². The molecule has 1 atom stereocenters. The Morgan fingerprint density at radius 1 is 1.25 bits per heavy atom. The summed E-state index contributed by atoms with van der Waals surface area (Å²) in [7, 11) is 5.39. The van der Waals surface area contributed by atoms with Gasteiger partial charge in [0.15, 0.2) is 5.82 Å². The van der Waals surface area contributed by atoms with E-state index in [2.05, 4.69) is 24.1 Å². The Morgan fingerprint density at radius 3 is 2.69 bits per heavy atom. The molecular weight excluding hydrogens is 458 g/mol. The first-order chi connectivity index (χ1) is 17.2. The minimum absolute atomic E-state index is 0.0272. The molecule has 36 heavy (non-hydrogen) atoms. The molecular formula is C26H33N7O3. The van der Waals surface area contributed by atoms with Crippen molar-refractivity contribution in [3.63, 3.8) is 0 Å². The lowest BCUT2D eigenvalue weighted by Crippen LogP contribution is -2.62. The number of benzene rings is 1. The lowest BCUT2D eigenvalue weighted by Gasteiger charge is -2.45. The number of nitrogens with zero attached hydrogens (tertiary/aromatic N) is 6. The van der Waals surface area contributed by atoms with Crippen LogP contribution < -0.4 is 19.9 Å². The summed E-state index contributed by atoms with van der Waals surface area (Å²) < 4.78 is 13.3. The third-order valence-corrected chi connectivity index (χ3v) is 6.96. The highest BCUT2D eigenvalue weighted by atomic mass is 16.5. The molecule has 0 radical (unpaired) electrons. The minimum atomic E-state index is -0.740. The van der Waals surface area contributed by atoms with E-state index in [1.807, 2.05) is 54.9 Å². The van der Waals surface area contributed by atoms with Crippen molar-refractivity contribution in [2.75, 3.05) is 49.5 Å². The summed E-state index contributed by atoms with van der Waals surface area (Å²) in [5.74, 6) is 2.28. The van der Waals surface area contributed by atoms with E-state index in [1.54, 1.807) is 18.3 Å². The number of likely N-dealkylation sites (N-methyl/N-ethyl adjacent to an activating group) is 2. The Labute approximate surface area is 211 Å². The predicted molar refractivity (Wildman–Crippen MR) is 139 cm³/mol. The van der Waals surface area contributed by atoms with Crippen molar-refractivity contribution in [3.05, 3.63) is 42.1 Å². The Balaban J connectivity index is 1.55. The van der Waals surface area contributed by atoms with Gasteiger partial charge in [0.2, 0.25) is 5.95 Å². The van der Waals surface area contributed by atoms with Crippen LogP contribution in [0, 0.1) is 12.8 Å². The van der Waals surface area contributed by atoms with Crippen molar-refractivity contribution >= 4 is 29.0 Å². The van der Waals surface area contributed by atoms with Crippen LogP contribution in [0.4, 0.5) is 23.1 Å². The lowest BCUT2D eigenvalue weighted by molar-refractivity contribution is -0.123. The molecule has 3 aromatic rings. The zero-order valence-electron chi connectivity index (χ0n) is 21.7. The fourth-order valence-corrected chi connectivity index (χ4v) is 5.05. The van der Waals surface area contributed by atoms with Crippen LogP contribution in [0.1, 0.15) is 31.7 Å². The van der Waals surface area contributed by atoms with E-state index < -0.39 is 5.54 Å². The summed E-state index contributed by atoms with van der Waals surface area (Å²) in [5.41, 5.74) is 3.48. The molecule has 4 heterocycles. The molecule has 0 saturated carbocycles. The maximum atomic E-state index is 13.5. The average molecular weight is 492 g/mol. The number of fused-ring (bicyclic) bond motifs is 1. The molecule has 0 aliphatic carbocycles. The van der Waals surface area contributed by atoms with E-state index in [0.29, 0.717) is 37.3 Å². The van der Waals surface area contributed by atoms with Crippen molar-refractivity contribution in [3.8, 4) is 11.4 Å². The smallest absolute Gasteiger partial charge is 0.255 e. The van der Waals surface area contributed by atoms with Gasteiger partial charge in [0.1, 0.15) is 17.0 Å². The number of hydrogen-bond donors (Lipinski definition) is 1. The van der Waals surface area contributed by atoms with E-state index in [-0.39, 0.29) is 5.91 Å². The van der Waals surface area contributed by atoms with Crippen LogP contribution in [0.3, 0.4) is 0 Å². The minimum Gasteiger partial charge on any atom is -0.494 e. The molecule has 0 bridgehead atoms. The van der Waals surface area contributed by atoms with Crippen molar-refractivity contribution in [1.29, 1.82) is 0 Å². The molecule has 2 aliphatic heterocycles. The van der Waals surface area contributed by atoms with Gasteiger partial charge in [-0.15, -0.1) is 0 Å². The normalized spacial score (nSPS) is 19.4. The Bertz CT molecular complexity index is 1300. The number of methoxy groups -OCH3 is 1. The molecule has 2 aromatic heterocycles. The fraction of sp³-hybridized carbons (Fsp3) is 0.462. The van der Waals surface area contributed by atoms with E-state index in [1.165, 1.54) is 0 Å². The number of imidazole rings is 1. The topological polar surface area (TPSA) is 97.6 Å². The number of aromatic nitrogens is 4. The number of ether oxygens (including phenoxy) is 2. The van der Waals surface area contributed by atoms with Crippen LogP contribution in [-0.2, 0) is 16.0 Å². The van der Waals surface area contributed by atoms with Gasteiger partial charge in [0.05, 0.1) is 37.1 Å². The monoisotopic (exact) mass is 491 g/mol. The molecule has 10 heteroatoms. The first-order valence-electron chi connectivity index (χ1n) is 12.2. The number of nitrogens with one attached hydrogen (secondary N) is 1. The van der Waals surface area contributed by atoms with Crippen LogP contribution in [0.25, 0.3) is 5.69 Å². The molecule has 1 saturated heterocycles. The maximum Gasteiger partial charge on any atom is 0.255 e. The van der Waals surface area contributed by atoms with Gasteiger partial charge in [0, 0.05) is 45.1 Å². The number of hydrogen-bond acceptors (Lipinski definition) is 8. The molecule has 5 rings (SSSR count). The predicted octanol–water partition coefficient (Wildman–Crippen LogP) is 3.49. The highest BCUT2D eigenvalue weighted by Crippen LogP contribution is 2.44. The fourth-order valence-electron chi connectivity index (χ4n) is 5.05. The van der Waals surface area contributed by atoms with Gasteiger partial charge < -0.3 is 29.2 Å². The molecule has 1 amide bonds. The van der Waals surface area contributed by atoms with Gasteiger partial charge in [-0.2, -0.15) is 4.98 Å². The van der Waals surface area contributed by atoms with Crippen LogP contribution in [0.15, 0.2) is 30.7 Å². The van der Waals surface area contributed by atoms with E-state index in [9.17, 15) is 4.79 Å². The third-order valence-electron chi connectivity index (χ3n) is 6.96. The van der Waals surface area contributed by atoms with Gasteiger partial charge in [-0.1, -0.05) is 13.8 Å². The van der Waals surface area contributed by atoms with Gasteiger partial charge in [-0.3, -0.25) is 4.79 Å². The van der Waals surface area contributed by atoms with Crippen LogP contribution in [0.2, 0.25) is 0 Å². The van der Waals surface area contributed by atoms with Crippen LogP contribution >= 0.6 is 0 Å². The summed E-state index contributed by atoms with van der Waals surface area (Å²) in [6.45, 7) is 7.14. The second kappa shape index (κ2) is 9.09. The zero-order chi connectivity index (χ0) is 25.6. The molecule has 1 aromatic carbocycles. The standard InChI is InChI=1S/C26H33N7O3/c1-16(2)11-19-22-23(32(5)26(9-10-36-14-26)24(34)31(22)4)30-25(29-19)28-18-7-8-20(21(12-18)35-6)33-13-17(3)27-15-33/h7-8,12-13,15-16H,9-11,14H2,1-6H3,(H,28,29,30). The number of rotatable bonds is 6. The summed E-state index contributed by atoms with van der Waals surface area (Å²) in [6.07, 6.45) is 5.06. The third kappa shape index (κ3) is 3.95. The number of carbonyl (C=O) groups excluding carboxylic acids is 1. The van der Waals surface area contributed by atoms with Crippen LogP contribution in [0.5, 0.6) is 5.75 Å². The van der Waals surface area contributed by atoms with Crippen molar-refractivity contribution in [2.24, 2.45) is 5.92 Å². The molecule has 1 spiro atoms. The van der Waals surface area contributed by atoms with E-state index in [0.717, 1.165) is 40.7 Å². The molecule has 10 nitrogen and oxygen atoms in total. The highest BCUT2D eigenvalue weighted by molar-refractivity contribution is 6.08. The average Bonchev–Trinajstić information content (AvgIpc) is 3.51. The second-order valence-electron chi connectivity index (χ2n) is 9.96. The maximum absolute atomic E-state index is 13.5. The second-order valence-corrected chi connectivity index (χ2v) is 9.96. The molecule has 190 valence electrons. The highest BCUT2D eigenvalue weighted by Gasteiger charge is 2.53. The number of aryl methyl sites for hydroxylation is 1. The van der Waals surface area contributed by atoms with Crippen LogP contribution in [-0.4, -0.2) is 65.4 Å². The molecule has 1 N–H and O–H groups in total. The Hall–Kier alpha value is -3.66. The number of amides is 1. The van der Waals surface area contributed by atoms with Gasteiger partial charge >= 0.3 is 0 Å². The lowest BCUT2D eigenvalue weighted by atomic mass is 9.91. The summed E-state index contributed by atoms with van der Waals surface area (Å²) >= 11 is 0. The first-order valence-corrected chi connectivity index (χ1v) is 12.2. The molecule has 2 aliphatic rings. The van der Waals surface area contributed by atoms with Crippen molar-refractivity contribution in [1.82, 2.24) is 19.5 Å². The SMILES string of the molecule is COc1cc(Nc2nc(CC(C)C)c3c(n2)N(C)C2(CCOC2)C(=O)N3C)ccc1-n1cnc(C)c1. The Morgan fingerprint density at radius 2 is 2.06 bits per heavy atom. The summed E-state index contributed by atoms with van der Waals surface area (Å²) in [6, 6.07) is 5.85. The van der Waals surface area contributed by atoms with Crippen molar-refractivity contribution in [2.45, 2.75) is 39.2 Å². The zero-order valence-corrected chi connectivity index (χ0v) is 21.7. The summed E-state index contributed by atoms with van der Waals surface area (Å²) in [5, 5.41) is 3.36. The first kappa shape index (κ1) is 24.1. The van der Waals surface area contributed by atoms with Gasteiger partial charge in [-0.25, -0.2) is 9.97 Å². The van der Waals surface area contributed by atoms with Gasteiger partial charge in [0.25, 0.3) is 5.91 Å². The molecule has 1 fully saturated rings. The summed E-state index contributed by atoms with van der Waals surface area (Å²) in [4.78, 5) is 31.3. The largest absolute Gasteiger partial charge is 0.494 e. The quantitative estimate of drug-likeness (QED) is 0.560. The number of carbonyl (C=O) groups is 1. The van der Waals surface area contributed by atoms with E-state index in [4.69, 9.17) is 19.4 Å². The van der Waals surface area contributed by atoms with Gasteiger partial charge in [-0.05, 0) is 31.4 Å². The Kier molecular flexibility index (Phi) is 6.07. The molecule has 1 unspecified atom stereocenters.